The molecule has 0 fully saturated rings. The van der Waals surface area contributed by atoms with Crippen LogP contribution in [0.2, 0.25) is 5.02 Å². The molecule has 2 rings (SSSR count). The second-order valence-electron chi connectivity index (χ2n) is 4.65. The molecule has 7 heteroatoms. The van der Waals surface area contributed by atoms with Crippen molar-refractivity contribution in [3.63, 3.8) is 0 Å². The zero-order chi connectivity index (χ0) is 16.5. The molecule has 0 N–H and O–H groups in total. The Bertz CT molecular complexity index is 808. The molecule has 0 aliphatic heterocycles. The molecule has 0 saturated heterocycles. The standard InChI is InChI=1S/C15H15ClFNO3S/c1-10-12(16)5-4-6-14(10)18(2)22(19,20)11-7-8-15(21-3)13(17)9-11/h4-9H,1-3H3. The van der Waals surface area contributed by atoms with Crippen LogP contribution in [0.25, 0.3) is 0 Å². The number of rotatable bonds is 4. The maximum absolute atomic E-state index is 13.8. The molecular weight excluding hydrogens is 329 g/mol. The quantitative estimate of drug-likeness (QED) is 0.851. The molecule has 22 heavy (non-hydrogen) atoms. The van der Waals surface area contributed by atoms with Gasteiger partial charge in [-0.25, -0.2) is 12.8 Å². The Balaban J connectivity index is 2.50. The van der Waals surface area contributed by atoms with Crippen molar-refractivity contribution in [2.24, 2.45) is 0 Å². The van der Waals surface area contributed by atoms with E-state index in [1.807, 2.05) is 0 Å². The monoisotopic (exact) mass is 343 g/mol. The first-order valence-corrected chi connectivity index (χ1v) is 8.18. The van der Waals surface area contributed by atoms with Crippen LogP contribution in [-0.2, 0) is 10.0 Å². The van der Waals surface area contributed by atoms with Crippen molar-refractivity contribution in [1.82, 2.24) is 0 Å². The third-order valence-corrected chi connectivity index (χ3v) is 5.54. The molecule has 118 valence electrons. The summed E-state index contributed by atoms with van der Waals surface area (Å²) >= 11 is 6.02. The smallest absolute Gasteiger partial charge is 0.264 e. The zero-order valence-electron chi connectivity index (χ0n) is 12.3. The van der Waals surface area contributed by atoms with E-state index >= 15 is 0 Å². The first-order chi connectivity index (χ1) is 10.3. The van der Waals surface area contributed by atoms with Crippen molar-refractivity contribution in [2.45, 2.75) is 11.8 Å². The molecule has 0 bridgehead atoms. The summed E-state index contributed by atoms with van der Waals surface area (Å²) in [6.45, 7) is 1.72. The predicted octanol–water partition coefficient (Wildman–Crippen LogP) is 3.62. The minimum Gasteiger partial charge on any atom is -0.494 e. The van der Waals surface area contributed by atoms with E-state index in [0.29, 0.717) is 16.3 Å². The van der Waals surface area contributed by atoms with E-state index in [4.69, 9.17) is 16.3 Å². The molecular formula is C15H15ClFNO3S. The maximum Gasteiger partial charge on any atom is 0.264 e. The van der Waals surface area contributed by atoms with E-state index in [2.05, 4.69) is 0 Å². The van der Waals surface area contributed by atoms with Crippen molar-refractivity contribution in [2.75, 3.05) is 18.5 Å². The van der Waals surface area contributed by atoms with Crippen LogP contribution >= 0.6 is 11.6 Å². The van der Waals surface area contributed by atoms with Crippen molar-refractivity contribution < 1.29 is 17.5 Å². The lowest BCUT2D eigenvalue weighted by molar-refractivity contribution is 0.385. The molecule has 0 saturated carbocycles. The number of benzene rings is 2. The van der Waals surface area contributed by atoms with Gasteiger partial charge in [-0.2, -0.15) is 0 Å². The average molecular weight is 344 g/mol. The minimum atomic E-state index is -3.90. The third-order valence-electron chi connectivity index (χ3n) is 3.36. The van der Waals surface area contributed by atoms with Gasteiger partial charge in [-0.15, -0.1) is 0 Å². The Morgan fingerprint density at radius 1 is 1.23 bits per heavy atom. The Hall–Kier alpha value is -1.79. The first kappa shape index (κ1) is 16.6. The normalized spacial score (nSPS) is 11.3. The number of hydrogen-bond acceptors (Lipinski definition) is 3. The fourth-order valence-electron chi connectivity index (χ4n) is 2.03. The molecule has 2 aromatic carbocycles. The van der Waals surface area contributed by atoms with Crippen LogP contribution < -0.4 is 9.04 Å². The highest BCUT2D eigenvalue weighted by molar-refractivity contribution is 7.92. The largest absolute Gasteiger partial charge is 0.494 e. The van der Waals surface area contributed by atoms with Crippen LogP contribution in [0, 0.1) is 12.7 Å². The molecule has 0 amide bonds. The Morgan fingerprint density at radius 3 is 2.50 bits per heavy atom. The Labute approximate surface area is 134 Å². The van der Waals surface area contributed by atoms with E-state index < -0.39 is 15.8 Å². The van der Waals surface area contributed by atoms with E-state index in [9.17, 15) is 12.8 Å². The van der Waals surface area contributed by atoms with E-state index in [-0.39, 0.29) is 10.6 Å². The van der Waals surface area contributed by atoms with Gasteiger partial charge in [0, 0.05) is 12.1 Å². The van der Waals surface area contributed by atoms with Gasteiger partial charge in [0.1, 0.15) is 0 Å². The summed E-state index contributed by atoms with van der Waals surface area (Å²) in [6.07, 6.45) is 0. The molecule has 2 aromatic rings. The van der Waals surface area contributed by atoms with Crippen LogP contribution in [0.4, 0.5) is 10.1 Å². The van der Waals surface area contributed by atoms with Crippen LogP contribution in [0.15, 0.2) is 41.3 Å². The number of anilines is 1. The third kappa shape index (κ3) is 2.89. The molecule has 0 spiro atoms. The van der Waals surface area contributed by atoms with Crippen molar-refractivity contribution >= 4 is 27.3 Å². The summed E-state index contributed by atoms with van der Waals surface area (Å²) in [5.74, 6) is -0.750. The van der Waals surface area contributed by atoms with Crippen molar-refractivity contribution in [3.05, 3.63) is 52.8 Å². The molecule has 4 nitrogen and oxygen atoms in total. The van der Waals surface area contributed by atoms with Gasteiger partial charge in [0.15, 0.2) is 11.6 Å². The van der Waals surface area contributed by atoms with Crippen molar-refractivity contribution in [1.29, 1.82) is 0 Å². The Morgan fingerprint density at radius 2 is 1.91 bits per heavy atom. The highest BCUT2D eigenvalue weighted by Crippen LogP contribution is 2.30. The predicted molar refractivity (Wildman–Crippen MR) is 84.7 cm³/mol. The minimum absolute atomic E-state index is 0.0134. The topological polar surface area (TPSA) is 46.6 Å². The van der Waals surface area contributed by atoms with Gasteiger partial charge in [0.05, 0.1) is 17.7 Å². The van der Waals surface area contributed by atoms with E-state index in [1.54, 1.807) is 25.1 Å². The number of halogens is 2. The van der Waals surface area contributed by atoms with Gasteiger partial charge in [-0.3, -0.25) is 4.31 Å². The first-order valence-electron chi connectivity index (χ1n) is 6.36. The zero-order valence-corrected chi connectivity index (χ0v) is 13.9. The number of nitrogens with zero attached hydrogens (tertiary/aromatic N) is 1. The molecule has 0 radical (unpaired) electrons. The summed E-state index contributed by atoms with van der Waals surface area (Å²) in [5.41, 5.74) is 1.06. The van der Waals surface area contributed by atoms with Crippen LogP contribution in [0.1, 0.15) is 5.56 Å². The van der Waals surface area contributed by atoms with Crippen LogP contribution in [0.5, 0.6) is 5.75 Å². The van der Waals surface area contributed by atoms with Crippen LogP contribution in [-0.4, -0.2) is 22.6 Å². The summed E-state index contributed by atoms with van der Waals surface area (Å²) in [4.78, 5) is -0.160. The summed E-state index contributed by atoms with van der Waals surface area (Å²) in [7, 11) is -1.19. The van der Waals surface area contributed by atoms with Gasteiger partial charge in [0.2, 0.25) is 0 Å². The van der Waals surface area contributed by atoms with E-state index in [1.165, 1.54) is 26.3 Å². The maximum atomic E-state index is 13.8. The highest BCUT2D eigenvalue weighted by atomic mass is 35.5. The van der Waals surface area contributed by atoms with Gasteiger partial charge < -0.3 is 4.74 Å². The lowest BCUT2D eigenvalue weighted by Gasteiger charge is -2.22. The van der Waals surface area contributed by atoms with Gasteiger partial charge in [-0.1, -0.05) is 17.7 Å². The second-order valence-corrected chi connectivity index (χ2v) is 7.03. The van der Waals surface area contributed by atoms with Gasteiger partial charge in [-0.05, 0) is 42.8 Å². The number of ether oxygens (including phenoxy) is 1. The summed E-state index contributed by atoms with van der Waals surface area (Å²) < 4.78 is 44.9. The van der Waals surface area contributed by atoms with Crippen molar-refractivity contribution in [3.8, 4) is 5.75 Å². The van der Waals surface area contributed by atoms with E-state index in [0.717, 1.165) is 10.4 Å². The highest BCUT2D eigenvalue weighted by Gasteiger charge is 2.24. The second kappa shape index (κ2) is 6.14. The lowest BCUT2D eigenvalue weighted by atomic mass is 10.2. The summed E-state index contributed by atoms with van der Waals surface area (Å²) in [5, 5.41) is 0.459. The molecule has 0 aromatic heterocycles. The molecule has 0 aliphatic rings. The SMILES string of the molecule is COc1ccc(S(=O)(=O)N(C)c2cccc(Cl)c2C)cc1F. The molecule has 0 heterocycles. The number of methoxy groups -OCH3 is 1. The molecule has 0 atom stereocenters. The lowest BCUT2D eigenvalue weighted by Crippen LogP contribution is -2.27. The average Bonchev–Trinajstić information content (AvgIpc) is 2.49. The summed E-state index contributed by atoms with van der Waals surface area (Å²) in [6, 6.07) is 8.48. The van der Waals surface area contributed by atoms with Crippen LogP contribution in [0.3, 0.4) is 0 Å². The Kier molecular flexibility index (Phi) is 4.63. The molecule has 0 unspecified atom stereocenters. The van der Waals surface area contributed by atoms with Gasteiger partial charge >= 0.3 is 0 Å². The number of sulfonamides is 1. The van der Waals surface area contributed by atoms with Gasteiger partial charge in [0.25, 0.3) is 10.0 Å². The number of hydrogen-bond donors (Lipinski definition) is 0. The fraction of sp³-hybridized carbons (Fsp3) is 0.200. The molecule has 0 aliphatic carbocycles. The fourth-order valence-corrected chi connectivity index (χ4v) is 3.47.